The molecule has 110 valence electrons. The van der Waals surface area contributed by atoms with Crippen LogP contribution in [-0.2, 0) is 9.53 Å². The lowest BCUT2D eigenvalue weighted by molar-refractivity contribution is -0.142. The first-order valence-electron chi connectivity index (χ1n) is 6.05. The van der Waals surface area contributed by atoms with Crippen LogP contribution in [0.1, 0.15) is 22.8 Å². The van der Waals surface area contributed by atoms with Crippen molar-refractivity contribution in [3.63, 3.8) is 0 Å². The molecule has 0 bridgehead atoms. The van der Waals surface area contributed by atoms with E-state index in [-0.39, 0.29) is 0 Å². The first-order chi connectivity index (χ1) is 9.44. The van der Waals surface area contributed by atoms with Crippen molar-refractivity contribution < 1.29 is 23.8 Å². The number of hydrogen-bond acceptors (Lipinski definition) is 5. The van der Waals surface area contributed by atoms with E-state index in [9.17, 15) is 9.59 Å². The molecule has 1 aromatic rings. The molecule has 0 aliphatic carbocycles. The highest BCUT2D eigenvalue weighted by molar-refractivity contribution is 5.97. The van der Waals surface area contributed by atoms with Crippen LogP contribution in [0, 0.1) is 6.92 Å². The summed E-state index contributed by atoms with van der Waals surface area (Å²) >= 11 is 0. The zero-order valence-electron chi connectivity index (χ0n) is 12.3. The second-order valence-electron chi connectivity index (χ2n) is 4.22. The molecule has 0 spiro atoms. The van der Waals surface area contributed by atoms with E-state index in [1.807, 2.05) is 6.92 Å². The molecular weight excluding hydrogens is 262 g/mol. The third-order valence-electron chi connectivity index (χ3n) is 2.92. The van der Waals surface area contributed by atoms with Gasteiger partial charge in [-0.2, -0.15) is 0 Å². The second kappa shape index (κ2) is 6.79. The molecule has 1 amide bonds. The van der Waals surface area contributed by atoms with E-state index in [4.69, 9.17) is 9.47 Å². The van der Waals surface area contributed by atoms with Crippen LogP contribution in [0.5, 0.6) is 11.5 Å². The van der Waals surface area contributed by atoms with Crippen molar-refractivity contribution in [1.82, 2.24) is 5.32 Å². The van der Waals surface area contributed by atoms with Crippen molar-refractivity contribution in [2.75, 3.05) is 21.3 Å². The zero-order valence-corrected chi connectivity index (χ0v) is 12.3. The Kier molecular flexibility index (Phi) is 5.37. The number of ether oxygens (including phenoxy) is 3. The van der Waals surface area contributed by atoms with Gasteiger partial charge in [0.25, 0.3) is 5.91 Å². The molecule has 1 atom stereocenters. The Hall–Kier alpha value is -2.24. The summed E-state index contributed by atoms with van der Waals surface area (Å²) in [7, 11) is 4.30. The lowest BCUT2D eigenvalue weighted by Gasteiger charge is -2.14. The topological polar surface area (TPSA) is 73.9 Å². The Labute approximate surface area is 118 Å². The van der Waals surface area contributed by atoms with Crippen molar-refractivity contribution in [3.8, 4) is 11.5 Å². The highest BCUT2D eigenvalue weighted by Gasteiger charge is 2.19. The van der Waals surface area contributed by atoms with Crippen molar-refractivity contribution >= 4 is 11.9 Å². The number of benzene rings is 1. The number of carbonyl (C=O) groups is 2. The van der Waals surface area contributed by atoms with Crippen LogP contribution in [-0.4, -0.2) is 39.2 Å². The minimum Gasteiger partial charge on any atom is -0.496 e. The largest absolute Gasteiger partial charge is 0.496 e. The number of nitrogens with one attached hydrogen (secondary N) is 1. The summed E-state index contributed by atoms with van der Waals surface area (Å²) in [6.07, 6.45) is 0. The lowest BCUT2D eigenvalue weighted by atomic mass is 10.1. The maximum absolute atomic E-state index is 12.1. The summed E-state index contributed by atoms with van der Waals surface area (Å²) in [5.41, 5.74) is 1.15. The molecule has 20 heavy (non-hydrogen) atoms. The van der Waals surface area contributed by atoms with Crippen LogP contribution >= 0.6 is 0 Å². The third-order valence-corrected chi connectivity index (χ3v) is 2.92. The fraction of sp³-hybridized carbons (Fsp3) is 0.429. The molecule has 0 saturated heterocycles. The lowest BCUT2D eigenvalue weighted by Crippen LogP contribution is -2.39. The summed E-state index contributed by atoms with van der Waals surface area (Å²) < 4.78 is 15.0. The molecule has 0 aliphatic rings. The first-order valence-corrected chi connectivity index (χ1v) is 6.05. The van der Waals surface area contributed by atoms with Crippen LogP contribution in [0.4, 0.5) is 0 Å². The maximum Gasteiger partial charge on any atom is 0.328 e. The minimum absolute atomic E-state index is 0.347. The van der Waals surface area contributed by atoms with Gasteiger partial charge in [0.15, 0.2) is 0 Å². The first kappa shape index (κ1) is 15.8. The van der Waals surface area contributed by atoms with E-state index in [0.717, 1.165) is 5.56 Å². The van der Waals surface area contributed by atoms with Gasteiger partial charge in [-0.25, -0.2) is 4.79 Å². The highest BCUT2D eigenvalue weighted by atomic mass is 16.5. The molecule has 0 aromatic heterocycles. The summed E-state index contributed by atoms with van der Waals surface area (Å²) in [5.74, 6) is 0.171. The fourth-order valence-corrected chi connectivity index (χ4v) is 1.73. The molecule has 6 heteroatoms. The van der Waals surface area contributed by atoms with E-state index in [1.54, 1.807) is 19.1 Å². The van der Waals surface area contributed by atoms with Crippen LogP contribution in [0.2, 0.25) is 0 Å². The number of hydrogen-bond donors (Lipinski definition) is 1. The third kappa shape index (κ3) is 3.40. The van der Waals surface area contributed by atoms with E-state index in [0.29, 0.717) is 17.1 Å². The number of rotatable bonds is 5. The normalized spacial score (nSPS) is 11.4. The number of methoxy groups -OCH3 is 3. The van der Waals surface area contributed by atoms with Gasteiger partial charge in [0.2, 0.25) is 0 Å². The van der Waals surface area contributed by atoms with Gasteiger partial charge in [0.1, 0.15) is 17.5 Å². The average Bonchev–Trinajstić information content (AvgIpc) is 2.46. The Morgan fingerprint density at radius 3 is 2.00 bits per heavy atom. The van der Waals surface area contributed by atoms with Crippen molar-refractivity contribution in [2.45, 2.75) is 19.9 Å². The molecule has 0 saturated carbocycles. The molecule has 1 unspecified atom stereocenters. The average molecular weight is 281 g/mol. The van der Waals surface area contributed by atoms with Crippen molar-refractivity contribution in [1.29, 1.82) is 0 Å². The summed E-state index contributed by atoms with van der Waals surface area (Å²) in [5, 5.41) is 2.54. The van der Waals surface area contributed by atoms with Gasteiger partial charge in [0, 0.05) is 11.1 Å². The van der Waals surface area contributed by atoms with Gasteiger partial charge in [-0.3, -0.25) is 4.79 Å². The standard InChI is InChI=1S/C14H19NO5/c1-8-11(18-3)6-10(7-12(8)19-4)13(16)15-9(2)14(17)20-5/h6-7,9H,1-5H3,(H,15,16). The van der Waals surface area contributed by atoms with E-state index in [1.165, 1.54) is 21.3 Å². The fourth-order valence-electron chi connectivity index (χ4n) is 1.73. The Morgan fingerprint density at radius 2 is 1.60 bits per heavy atom. The summed E-state index contributed by atoms with van der Waals surface area (Å²) in [6.45, 7) is 3.38. The summed E-state index contributed by atoms with van der Waals surface area (Å²) in [6, 6.07) is 2.46. The molecule has 6 nitrogen and oxygen atoms in total. The zero-order chi connectivity index (χ0) is 15.3. The van der Waals surface area contributed by atoms with E-state index in [2.05, 4.69) is 10.1 Å². The molecule has 0 aliphatic heterocycles. The highest BCUT2D eigenvalue weighted by Crippen LogP contribution is 2.29. The van der Waals surface area contributed by atoms with Crippen LogP contribution in [0.3, 0.4) is 0 Å². The monoisotopic (exact) mass is 281 g/mol. The van der Waals surface area contributed by atoms with Gasteiger partial charge in [0.05, 0.1) is 21.3 Å². The van der Waals surface area contributed by atoms with Gasteiger partial charge < -0.3 is 19.5 Å². The maximum atomic E-state index is 12.1. The molecule has 1 rings (SSSR count). The van der Waals surface area contributed by atoms with E-state index < -0.39 is 17.9 Å². The quantitative estimate of drug-likeness (QED) is 0.824. The molecule has 0 radical (unpaired) electrons. The van der Waals surface area contributed by atoms with Crippen LogP contribution in [0.25, 0.3) is 0 Å². The number of carbonyl (C=O) groups excluding carboxylic acids is 2. The molecule has 0 fully saturated rings. The van der Waals surface area contributed by atoms with Gasteiger partial charge in [-0.05, 0) is 26.0 Å². The van der Waals surface area contributed by atoms with Crippen LogP contribution in [0.15, 0.2) is 12.1 Å². The number of amides is 1. The Bertz CT molecular complexity index is 487. The van der Waals surface area contributed by atoms with Crippen molar-refractivity contribution in [2.24, 2.45) is 0 Å². The summed E-state index contributed by atoms with van der Waals surface area (Å²) in [4.78, 5) is 23.4. The smallest absolute Gasteiger partial charge is 0.328 e. The predicted octanol–water partition coefficient (Wildman–Crippen LogP) is 1.30. The van der Waals surface area contributed by atoms with Crippen LogP contribution < -0.4 is 14.8 Å². The van der Waals surface area contributed by atoms with E-state index >= 15 is 0 Å². The Morgan fingerprint density at radius 1 is 1.10 bits per heavy atom. The minimum atomic E-state index is -0.731. The van der Waals surface area contributed by atoms with Crippen molar-refractivity contribution in [3.05, 3.63) is 23.3 Å². The predicted molar refractivity (Wildman–Crippen MR) is 73.2 cm³/mol. The van der Waals surface area contributed by atoms with Gasteiger partial charge in [-0.15, -0.1) is 0 Å². The molecule has 1 N–H and O–H groups in total. The SMILES string of the molecule is COC(=O)C(C)NC(=O)c1cc(OC)c(C)c(OC)c1. The second-order valence-corrected chi connectivity index (χ2v) is 4.22. The molecule has 1 aromatic carbocycles. The van der Waals surface area contributed by atoms with Gasteiger partial charge in [-0.1, -0.05) is 0 Å². The molecular formula is C14H19NO5. The molecule has 0 heterocycles. The number of esters is 1. The van der Waals surface area contributed by atoms with Gasteiger partial charge >= 0.3 is 5.97 Å². The Balaban J connectivity index is 3.01.